The van der Waals surface area contributed by atoms with Gasteiger partial charge in [0.05, 0.1) is 5.69 Å². The molecule has 1 saturated heterocycles. The molecule has 0 unspecified atom stereocenters. The van der Waals surface area contributed by atoms with Gasteiger partial charge >= 0.3 is 0 Å². The van der Waals surface area contributed by atoms with E-state index in [1.165, 1.54) is 10.5 Å². The molecule has 1 N–H and O–H groups in total. The lowest BCUT2D eigenvalue weighted by Crippen LogP contribution is -2.54. The van der Waals surface area contributed by atoms with E-state index in [2.05, 4.69) is 36.5 Å². The first-order chi connectivity index (χ1) is 14.9. The molecule has 4 rings (SSSR count). The topological polar surface area (TPSA) is 49.4 Å². The van der Waals surface area contributed by atoms with E-state index in [-0.39, 0.29) is 10.7 Å². The van der Waals surface area contributed by atoms with Crippen molar-refractivity contribution < 1.29 is 9.59 Å². The molecule has 1 aliphatic heterocycles. The van der Waals surface area contributed by atoms with Crippen LogP contribution in [-0.4, -0.2) is 16.9 Å². The Kier molecular flexibility index (Phi) is 6.02. The lowest BCUT2D eigenvalue weighted by atomic mass is 10.1. The summed E-state index contributed by atoms with van der Waals surface area (Å²) in [4.78, 5) is 29.1. The third-order valence-corrected chi connectivity index (χ3v) is 6.14. The number of nitrogens with one attached hydrogen (secondary N) is 1. The SMILES string of the molecule is Cc1ccc(Sc2ccc(/C=C3\C(=O)NC(=S)N(c4ccc(C)cc4)C3=O)cc2)cc1. The second-order valence-electron chi connectivity index (χ2n) is 7.28. The molecule has 0 atom stereocenters. The molecule has 2 amide bonds. The van der Waals surface area contributed by atoms with Crippen LogP contribution in [-0.2, 0) is 9.59 Å². The molecule has 3 aromatic rings. The zero-order valence-corrected chi connectivity index (χ0v) is 18.7. The van der Waals surface area contributed by atoms with Gasteiger partial charge in [-0.05, 0) is 74.1 Å². The molecule has 1 heterocycles. The standard InChI is InChI=1S/C25H20N2O2S2/c1-16-3-9-19(10-4-16)27-24(29)22(23(28)26-25(27)30)15-18-7-13-21(14-8-18)31-20-11-5-17(2)6-12-20/h3-15H,1-2H3,(H,26,28,30)/b22-15+. The highest BCUT2D eigenvalue weighted by Crippen LogP contribution is 2.29. The van der Waals surface area contributed by atoms with Crippen molar-refractivity contribution in [2.75, 3.05) is 4.90 Å². The van der Waals surface area contributed by atoms with Gasteiger partial charge in [0.2, 0.25) is 0 Å². The highest BCUT2D eigenvalue weighted by Gasteiger charge is 2.34. The van der Waals surface area contributed by atoms with E-state index < -0.39 is 11.8 Å². The van der Waals surface area contributed by atoms with Gasteiger partial charge in [-0.3, -0.25) is 19.8 Å². The highest BCUT2D eigenvalue weighted by molar-refractivity contribution is 7.99. The fourth-order valence-corrected chi connectivity index (χ4v) is 4.22. The van der Waals surface area contributed by atoms with Gasteiger partial charge in [-0.1, -0.05) is 59.3 Å². The summed E-state index contributed by atoms with van der Waals surface area (Å²) >= 11 is 6.90. The minimum Gasteiger partial charge on any atom is -0.298 e. The molecule has 0 spiro atoms. The monoisotopic (exact) mass is 444 g/mol. The van der Waals surface area contributed by atoms with Gasteiger partial charge in [-0.15, -0.1) is 0 Å². The molecule has 1 fully saturated rings. The molecular formula is C25H20N2O2S2. The smallest absolute Gasteiger partial charge is 0.270 e. The minimum atomic E-state index is -0.489. The molecule has 154 valence electrons. The van der Waals surface area contributed by atoms with Gasteiger partial charge in [0, 0.05) is 9.79 Å². The van der Waals surface area contributed by atoms with Crippen LogP contribution in [0.15, 0.2) is 88.2 Å². The van der Waals surface area contributed by atoms with Crippen LogP contribution in [0.25, 0.3) is 6.08 Å². The fourth-order valence-electron chi connectivity index (χ4n) is 3.13. The number of benzene rings is 3. The average Bonchev–Trinajstić information content (AvgIpc) is 2.75. The summed E-state index contributed by atoms with van der Waals surface area (Å²) in [5, 5.41) is 2.70. The van der Waals surface area contributed by atoms with Crippen LogP contribution in [0.2, 0.25) is 0 Å². The largest absolute Gasteiger partial charge is 0.298 e. The molecular weight excluding hydrogens is 424 g/mol. The van der Waals surface area contributed by atoms with Crippen LogP contribution in [0.3, 0.4) is 0 Å². The van der Waals surface area contributed by atoms with Gasteiger partial charge < -0.3 is 0 Å². The number of nitrogens with zero attached hydrogens (tertiary/aromatic N) is 1. The molecule has 6 heteroatoms. The Balaban J connectivity index is 1.57. The Bertz CT molecular complexity index is 1180. The van der Waals surface area contributed by atoms with Crippen LogP contribution in [0, 0.1) is 13.8 Å². The van der Waals surface area contributed by atoms with E-state index in [1.54, 1.807) is 17.8 Å². The summed E-state index contributed by atoms with van der Waals surface area (Å²) in [6.45, 7) is 4.03. The Hall–Kier alpha value is -3.22. The maximum atomic E-state index is 13.1. The van der Waals surface area contributed by atoms with Crippen LogP contribution in [0.4, 0.5) is 5.69 Å². The van der Waals surface area contributed by atoms with Gasteiger partial charge in [0.1, 0.15) is 5.57 Å². The van der Waals surface area contributed by atoms with Crippen molar-refractivity contribution in [2.45, 2.75) is 23.6 Å². The molecule has 0 saturated carbocycles. The van der Waals surface area contributed by atoms with Crippen LogP contribution < -0.4 is 10.2 Å². The Labute approximate surface area is 191 Å². The molecule has 0 aromatic heterocycles. The molecule has 0 aliphatic carbocycles. The highest BCUT2D eigenvalue weighted by atomic mass is 32.2. The zero-order valence-electron chi connectivity index (χ0n) is 17.1. The van der Waals surface area contributed by atoms with E-state index in [0.29, 0.717) is 5.69 Å². The molecule has 0 bridgehead atoms. The first-order valence-corrected chi connectivity index (χ1v) is 11.0. The van der Waals surface area contributed by atoms with E-state index in [9.17, 15) is 9.59 Å². The van der Waals surface area contributed by atoms with Gasteiger partial charge in [0.25, 0.3) is 11.8 Å². The van der Waals surface area contributed by atoms with Crippen molar-refractivity contribution >= 4 is 52.7 Å². The van der Waals surface area contributed by atoms with Gasteiger partial charge in [0.15, 0.2) is 5.11 Å². The summed E-state index contributed by atoms with van der Waals surface area (Å²) in [6.07, 6.45) is 1.60. The maximum absolute atomic E-state index is 13.1. The molecule has 1 aliphatic rings. The van der Waals surface area contributed by atoms with Crippen LogP contribution in [0.5, 0.6) is 0 Å². The predicted molar refractivity (Wildman–Crippen MR) is 129 cm³/mol. The van der Waals surface area contributed by atoms with Crippen LogP contribution in [0.1, 0.15) is 16.7 Å². The number of carbonyl (C=O) groups is 2. The van der Waals surface area contributed by atoms with Crippen molar-refractivity contribution in [1.29, 1.82) is 0 Å². The Morgan fingerprint density at radius 2 is 1.32 bits per heavy atom. The average molecular weight is 445 g/mol. The first-order valence-electron chi connectivity index (χ1n) is 9.73. The van der Waals surface area contributed by atoms with Crippen molar-refractivity contribution in [3.63, 3.8) is 0 Å². The molecule has 0 radical (unpaired) electrons. The Morgan fingerprint density at radius 1 is 0.806 bits per heavy atom. The zero-order chi connectivity index (χ0) is 22.0. The second kappa shape index (κ2) is 8.88. The summed E-state index contributed by atoms with van der Waals surface area (Å²) in [7, 11) is 0. The molecule has 31 heavy (non-hydrogen) atoms. The third-order valence-electron chi connectivity index (χ3n) is 4.84. The lowest BCUT2D eigenvalue weighted by Gasteiger charge is -2.29. The van der Waals surface area contributed by atoms with Crippen LogP contribution >= 0.6 is 24.0 Å². The fraction of sp³-hybridized carbons (Fsp3) is 0.0800. The number of anilines is 1. The number of hydrogen-bond acceptors (Lipinski definition) is 4. The van der Waals surface area contributed by atoms with Crippen molar-refractivity contribution in [2.24, 2.45) is 0 Å². The lowest BCUT2D eigenvalue weighted by molar-refractivity contribution is -0.122. The van der Waals surface area contributed by atoms with Crippen molar-refractivity contribution in [1.82, 2.24) is 5.32 Å². The molecule has 4 nitrogen and oxygen atoms in total. The quantitative estimate of drug-likeness (QED) is 0.338. The maximum Gasteiger partial charge on any atom is 0.270 e. The minimum absolute atomic E-state index is 0.0492. The summed E-state index contributed by atoms with van der Waals surface area (Å²) in [6, 6.07) is 23.5. The first kappa shape index (κ1) is 21.0. The number of thiocarbonyl (C=S) groups is 1. The Morgan fingerprint density at radius 3 is 1.90 bits per heavy atom. The summed E-state index contributed by atoms with van der Waals surface area (Å²) < 4.78 is 0. The summed E-state index contributed by atoms with van der Waals surface area (Å²) in [5.74, 6) is -0.924. The number of hydrogen-bond donors (Lipinski definition) is 1. The number of carbonyl (C=O) groups excluding carboxylic acids is 2. The van der Waals surface area contributed by atoms with Gasteiger partial charge in [-0.2, -0.15) is 0 Å². The number of amides is 2. The molecule has 3 aromatic carbocycles. The van der Waals surface area contributed by atoms with Crippen molar-refractivity contribution in [3.8, 4) is 0 Å². The third kappa shape index (κ3) is 4.76. The second-order valence-corrected chi connectivity index (χ2v) is 8.81. The van der Waals surface area contributed by atoms with E-state index in [1.807, 2.05) is 55.5 Å². The van der Waals surface area contributed by atoms with E-state index >= 15 is 0 Å². The number of rotatable bonds is 4. The van der Waals surface area contributed by atoms with E-state index in [0.717, 1.165) is 20.9 Å². The normalized spacial score (nSPS) is 15.4. The predicted octanol–water partition coefficient (Wildman–Crippen LogP) is 5.29. The van der Waals surface area contributed by atoms with Gasteiger partial charge in [-0.25, -0.2) is 0 Å². The van der Waals surface area contributed by atoms with Crippen molar-refractivity contribution in [3.05, 3.63) is 95.1 Å². The number of aryl methyl sites for hydroxylation is 2. The van der Waals surface area contributed by atoms with E-state index in [4.69, 9.17) is 12.2 Å². The summed E-state index contributed by atoms with van der Waals surface area (Å²) in [5.41, 5.74) is 3.73.